The van der Waals surface area contributed by atoms with Crippen LogP contribution >= 0.6 is 0 Å². The molecule has 0 heterocycles. The Bertz CT molecular complexity index is 524. The third kappa shape index (κ3) is 6.13. The molecule has 4 nitrogen and oxygen atoms in total. The van der Waals surface area contributed by atoms with E-state index in [0.29, 0.717) is 5.56 Å². The summed E-state index contributed by atoms with van der Waals surface area (Å²) < 4.78 is 46.8. The molecule has 0 atom stereocenters. The predicted molar refractivity (Wildman–Crippen MR) is 82.1 cm³/mol. The van der Waals surface area contributed by atoms with Crippen molar-refractivity contribution in [3.05, 3.63) is 29.3 Å². The summed E-state index contributed by atoms with van der Waals surface area (Å²) in [5, 5.41) is 9.03. The zero-order valence-electron chi connectivity index (χ0n) is 14.0. The average Bonchev–Trinajstić information content (AvgIpc) is 2.37. The van der Waals surface area contributed by atoms with Crippen LogP contribution in [0, 0.1) is 0 Å². The molecule has 0 amide bonds. The highest BCUT2D eigenvalue weighted by Crippen LogP contribution is 2.37. The molecular weight excluding hydrogens is 329 g/mol. The number of benzene rings is 1. The Labute approximate surface area is 135 Å². The van der Waals surface area contributed by atoms with Crippen LogP contribution in [0.2, 0.25) is 18.1 Å². The molecule has 0 aliphatic rings. The number of rotatable bonds is 6. The van der Waals surface area contributed by atoms with Gasteiger partial charge in [-0.2, -0.15) is 0 Å². The van der Waals surface area contributed by atoms with Crippen LogP contribution in [-0.2, 0) is 22.7 Å². The van der Waals surface area contributed by atoms with Gasteiger partial charge in [-0.1, -0.05) is 26.8 Å². The second kappa shape index (κ2) is 7.21. The molecule has 0 unspecified atom stereocenters. The number of alkyl halides is 3. The maximum absolute atomic E-state index is 12.4. The van der Waals surface area contributed by atoms with E-state index in [0.717, 1.165) is 6.07 Å². The Kier molecular flexibility index (Phi) is 6.25. The fraction of sp³-hybridized carbons (Fsp3) is 0.600. The van der Waals surface area contributed by atoms with Crippen LogP contribution in [0.3, 0.4) is 0 Å². The number of aliphatic hydroxyl groups is 1. The number of aliphatic hydroxyl groups excluding tert-OH is 1. The first-order chi connectivity index (χ1) is 10.4. The molecule has 0 aliphatic heterocycles. The summed E-state index contributed by atoms with van der Waals surface area (Å²) in [6, 6.07) is 3.92. The van der Waals surface area contributed by atoms with Gasteiger partial charge in [-0.15, -0.1) is 13.2 Å². The molecule has 0 spiro atoms. The van der Waals surface area contributed by atoms with E-state index in [-0.39, 0.29) is 29.6 Å². The average molecular weight is 352 g/mol. The molecule has 0 aliphatic carbocycles. The molecule has 0 bridgehead atoms. The summed E-state index contributed by atoms with van der Waals surface area (Å²) in [7, 11) is -2.18. The van der Waals surface area contributed by atoms with Gasteiger partial charge in [0.15, 0.2) is 0 Å². The lowest BCUT2D eigenvalue weighted by atomic mass is 10.1. The minimum absolute atomic E-state index is 0.0920. The van der Waals surface area contributed by atoms with Crippen molar-refractivity contribution in [2.75, 3.05) is 0 Å². The first-order valence-corrected chi connectivity index (χ1v) is 10.1. The second-order valence-electron chi connectivity index (χ2n) is 6.75. The zero-order chi connectivity index (χ0) is 17.9. The van der Waals surface area contributed by atoms with Crippen LogP contribution in [0.4, 0.5) is 13.2 Å². The van der Waals surface area contributed by atoms with Gasteiger partial charge >= 0.3 is 6.36 Å². The Balaban J connectivity index is 2.85. The lowest BCUT2D eigenvalue weighted by molar-refractivity contribution is -0.276. The van der Waals surface area contributed by atoms with Crippen molar-refractivity contribution in [2.45, 2.75) is 58.5 Å². The van der Waals surface area contributed by atoms with Crippen molar-refractivity contribution < 1.29 is 32.5 Å². The first-order valence-electron chi connectivity index (χ1n) is 7.15. The molecule has 8 heteroatoms. The highest BCUT2D eigenvalue weighted by Gasteiger charge is 2.39. The zero-order valence-corrected chi connectivity index (χ0v) is 15.0. The normalized spacial score (nSPS) is 13.3. The topological polar surface area (TPSA) is 47.9 Å². The summed E-state index contributed by atoms with van der Waals surface area (Å²) in [5.74, 6) is -0.367. The molecule has 1 aromatic carbocycles. The highest BCUT2D eigenvalue weighted by atomic mass is 28.4. The molecule has 23 heavy (non-hydrogen) atoms. The van der Waals surface area contributed by atoms with Gasteiger partial charge in [-0.25, -0.2) is 4.89 Å². The minimum Gasteiger partial charge on any atom is -0.405 e. The van der Waals surface area contributed by atoms with Gasteiger partial charge in [0.1, 0.15) is 12.4 Å². The standard InChI is InChI=1S/C15H23F3O4Si/c1-14(2,3)23(4,5)22-20-10-12-8-11(9-19)6-7-13(12)21-15(16,17)18/h6-8,19H,9-10H2,1-5H3. The fourth-order valence-electron chi connectivity index (χ4n) is 1.43. The SMILES string of the molecule is CC(C)(C)[Si](C)(C)OOCc1cc(CO)ccc1OC(F)(F)F. The lowest BCUT2D eigenvalue weighted by Gasteiger charge is -2.34. The molecule has 0 saturated carbocycles. The largest absolute Gasteiger partial charge is 0.573 e. The van der Waals surface area contributed by atoms with Crippen LogP contribution < -0.4 is 4.74 Å². The molecule has 1 aromatic rings. The van der Waals surface area contributed by atoms with Crippen LogP contribution in [-0.4, -0.2) is 19.8 Å². The van der Waals surface area contributed by atoms with Gasteiger partial charge < -0.3 is 9.84 Å². The summed E-state index contributed by atoms with van der Waals surface area (Å²) in [6.45, 7) is 9.50. The van der Waals surface area contributed by atoms with E-state index in [1.54, 1.807) is 0 Å². The predicted octanol–water partition coefficient (Wildman–Crippen LogP) is 4.53. The van der Waals surface area contributed by atoms with E-state index in [1.807, 2.05) is 33.9 Å². The molecular formula is C15H23F3O4Si. The molecule has 0 radical (unpaired) electrons. The van der Waals surface area contributed by atoms with Crippen molar-refractivity contribution in [3.63, 3.8) is 0 Å². The van der Waals surface area contributed by atoms with Gasteiger partial charge in [0, 0.05) is 5.56 Å². The van der Waals surface area contributed by atoms with Crippen molar-refractivity contribution in [1.29, 1.82) is 0 Å². The van der Waals surface area contributed by atoms with E-state index in [9.17, 15) is 13.2 Å². The summed E-state index contributed by atoms with van der Waals surface area (Å²) in [4.78, 5) is 5.20. The van der Waals surface area contributed by atoms with Crippen molar-refractivity contribution in [1.82, 2.24) is 0 Å². The van der Waals surface area contributed by atoms with E-state index in [1.165, 1.54) is 12.1 Å². The number of ether oxygens (including phenoxy) is 1. The van der Waals surface area contributed by atoms with Crippen molar-refractivity contribution in [3.8, 4) is 5.75 Å². The van der Waals surface area contributed by atoms with Gasteiger partial charge in [-0.05, 0) is 35.8 Å². The van der Waals surface area contributed by atoms with Crippen LogP contribution in [0.1, 0.15) is 31.9 Å². The summed E-state index contributed by atoms with van der Waals surface area (Å²) in [6.07, 6.45) is -4.80. The maximum Gasteiger partial charge on any atom is 0.573 e. The van der Waals surface area contributed by atoms with Crippen molar-refractivity contribution >= 4 is 8.32 Å². The van der Waals surface area contributed by atoms with Crippen LogP contribution in [0.15, 0.2) is 18.2 Å². The Morgan fingerprint density at radius 2 is 1.74 bits per heavy atom. The van der Waals surface area contributed by atoms with E-state index < -0.39 is 14.7 Å². The maximum atomic E-state index is 12.4. The summed E-state index contributed by atoms with van der Waals surface area (Å²) >= 11 is 0. The highest BCUT2D eigenvalue weighted by molar-refractivity contribution is 6.73. The molecule has 0 saturated heterocycles. The molecule has 132 valence electrons. The second-order valence-corrected chi connectivity index (χ2v) is 11.4. The Hall–Kier alpha value is -1.09. The number of hydrogen-bond donors (Lipinski definition) is 1. The molecule has 0 fully saturated rings. The van der Waals surface area contributed by atoms with E-state index in [4.69, 9.17) is 14.6 Å². The summed E-state index contributed by atoms with van der Waals surface area (Å²) in [5.41, 5.74) is 0.623. The Morgan fingerprint density at radius 3 is 2.22 bits per heavy atom. The van der Waals surface area contributed by atoms with E-state index in [2.05, 4.69) is 4.74 Å². The third-order valence-electron chi connectivity index (χ3n) is 3.82. The Morgan fingerprint density at radius 1 is 1.13 bits per heavy atom. The molecule has 1 N–H and O–H groups in total. The van der Waals surface area contributed by atoms with Crippen molar-refractivity contribution in [2.24, 2.45) is 0 Å². The lowest BCUT2D eigenvalue weighted by Crippen LogP contribution is -2.40. The first kappa shape index (κ1) is 20.0. The number of halogens is 3. The monoisotopic (exact) mass is 352 g/mol. The van der Waals surface area contributed by atoms with Crippen LogP contribution in [0.25, 0.3) is 0 Å². The third-order valence-corrected chi connectivity index (χ3v) is 7.97. The fourth-order valence-corrected chi connectivity index (χ4v) is 2.04. The van der Waals surface area contributed by atoms with Crippen LogP contribution in [0.5, 0.6) is 5.75 Å². The minimum atomic E-state index is -4.80. The molecule has 0 aromatic heterocycles. The van der Waals surface area contributed by atoms with E-state index >= 15 is 0 Å². The van der Waals surface area contributed by atoms with Gasteiger partial charge in [0.05, 0.1) is 6.61 Å². The van der Waals surface area contributed by atoms with Gasteiger partial charge in [0.25, 0.3) is 0 Å². The quantitative estimate of drug-likeness (QED) is 0.464. The van der Waals surface area contributed by atoms with Gasteiger partial charge in [-0.3, -0.25) is 4.58 Å². The smallest absolute Gasteiger partial charge is 0.405 e. The number of hydrogen-bond acceptors (Lipinski definition) is 4. The molecule has 1 rings (SSSR count). The van der Waals surface area contributed by atoms with Gasteiger partial charge in [0.2, 0.25) is 8.32 Å².